The Kier molecular flexibility index (Phi) is 12.2. The third-order valence-electron chi connectivity index (χ3n) is 1.49. The predicted molar refractivity (Wildman–Crippen MR) is 66.2 cm³/mol. The highest BCUT2D eigenvalue weighted by Gasteiger charge is 1.84. The fourth-order valence-corrected chi connectivity index (χ4v) is 1.27. The molecule has 13 heavy (non-hydrogen) atoms. The lowest BCUT2D eigenvalue weighted by Gasteiger charge is -1.91. The molecule has 0 saturated heterocycles. The van der Waals surface area contributed by atoms with Crippen molar-refractivity contribution in [3.05, 3.63) is 0 Å². The van der Waals surface area contributed by atoms with Crippen LogP contribution in [0.15, 0.2) is 0 Å². The standard InChI is InChI=1S/C11H14Br2/c12-10-8-6-4-2-1-3-5-7-9-11-13/h1-5,10-11H2. The smallest absolute Gasteiger partial charge is 0.0645 e. The van der Waals surface area contributed by atoms with Crippen LogP contribution in [0.4, 0.5) is 0 Å². The van der Waals surface area contributed by atoms with Gasteiger partial charge >= 0.3 is 0 Å². The van der Waals surface area contributed by atoms with Crippen molar-refractivity contribution in [3.63, 3.8) is 0 Å². The minimum absolute atomic E-state index is 0.795. The van der Waals surface area contributed by atoms with Gasteiger partial charge < -0.3 is 0 Å². The molecule has 0 fully saturated rings. The second kappa shape index (κ2) is 12.1. The average Bonchev–Trinajstić information content (AvgIpc) is 2.16. The maximum Gasteiger partial charge on any atom is 0.0645 e. The Labute approximate surface area is 98.1 Å². The molecule has 0 aliphatic rings. The Hall–Kier alpha value is 0.0800. The van der Waals surface area contributed by atoms with Crippen LogP contribution in [-0.2, 0) is 0 Å². The van der Waals surface area contributed by atoms with Crippen molar-refractivity contribution in [3.8, 4) is 23.7 Å². The molecule has 0 radical (unpaired) electrons. The lowest BCUT2D eigenvalue weighted by Crippen LogP contribution is -1.76. The first-order valence-electron chi connectivity index (χ1n) is 4.45. The van der Waals surface area contributed by atoms with Gasteiger partial charge in [0.1, 0.15) is 0 Å². The van der Waals surface area contributed by atoms with Gasteiger partial charge in [0.15, 0.2) is 0 Å². The van der Waals surface area contributed by atoms with E-state index in [1.54, 1.807) is 0 Å². The van der Waals surface area contributed by atoms with Crippen LogP contribution in [0.5, 0.6) is 0 Å². The van der Waals surface area contributed by atoms with Crippen molar-refractivity contribution in [2.45, 2.75) is 32.1 Å². The Morgan fingerprint density at radius 1 is 0.615 bits per heavy atom. The lowest BCUT2D eigenvalue weighted by atomic mass is 10.1. The van der Waals surface area contributed by atoms with Crippen LogP contribution >= 0.6 is 31.9 Å². The molecule has 0 amide bonds. The van der Waals surface area contributed by atoms with E-state index in [2.05, 4.69) is 55.5 Å². The number of alkyl halides is 2. The van der Waals surface area contributed by atoms with E-state index in [-0.39, 0.29) is 0 Å². The molecule has 0 bridgehead atoms. The van der Waals surface area contributed by atoms with Crippen molar-refractivity contribution in [2.24, 2.45) is 0 Å². The molecular formula is C11H14Br2. The van der Waals surface area contributed by atoms with E-state index < -0.39 is 0 Å². The predicted octanol–water partition coefficient (Wildman–Crippen LogP) is 3.73. The monoisotopic (exact) mass is 304 g/mol. The number of hydrogen-bond acceptors (Lipinski definition) is 0. The molecule has 0 aromatic carbocycles. The van der Waals surface area contributed by atoms with Gasteiger partial charge in [-0.05, 0) is 12.8 Å². The summed E-state index contributed by atoms with van der Waals surface area (Å²) in [6.45, 7) is 0. The number of rotatable bonds is 4. The third-order valence-corrected chi connectivity index (χ3v) is 2.05. The fraction of sp³-hybridized carbons (Fsp3) is 0.636. The van der Waals surface area contributed by atoms with Gasteiger partial charge in [0.05, 0.1) is 10.7 Å². The van der Waals surface area contributed by atoms with Gasteiger partial charge in [-0.15, -0.1) is 11.8 Å². The van der Waals surface area contributed by atoms with Crippen LogP contribution < -0.4 is 0 Å². The van der Waals surface area contributed by atoms with Gasteiger partial charge in [0, 0.05) is 12.8 Å². The number of halogens is 2. The van der Waals surface area contributed by atoms with Crippen molar-refractivity contribution in [1.29, 1.82) is 0 Å². The molecule has 0 aliphatic carbocycles. The van der Waals surface area contributed by atoms with Gasteiger partial charge in [-0.3, -0.25) is 0 Å². The fourth-order valence-electron chi connectivity index (χ4n) is 0.875. The molecule has 0 N–H and O–H groups in total. The topological polar surface area (TPSA) is 0 Å². The number of unbranched alkanes of at least 4 members (excludes halogenated alkanes) is 4. The zero-order valence-electron chi connectivity index (χ0n) is 7.71. The summed E-state index contributed by atoms with van der Waals surface area (Å²) < 4.78 is 0. The number of hydrogen-bond donors (Lipinski definition) is 0. The molecule has 0 aliphatic heterocycles. The zero-order chi connectivity index (χ0) is 9.78. The van der Waals surface area contributed by atoms with Crippen molar-refractivity contribution < 1.29 is 0 Å². The van der Waals surface area contributed by atoms with Crippen molar-refractivity contribution >= 4 is 31.9 Å². The molecule has 0 unspecified atom stereocenters. The maximum absolute atomic E-state index is 3.26. The van der Waals surface area contributed by atoms with Crippen molar-refractivity contribution in [1.82, 2.24) is 0 Å². The van der Waals surface area contributed by atoms with E-state index in [9.17, 15) is 0 Å². The summed E-state index contributed by atoms with van der Waals surface area (Å²) in [5.41, 5.74) is 0. The largest absolute Gasteiger partial charge is 0.102 e. The maximum atomic E-state index is 3.26. The second-order valence-corrected chi connectivity index (χ2v) is 3.66. The van der Waals surface area contributed by atoms with Crippen LogP contribution in [0.2, 0.25) is 0 Å². The van der Waals surface area contributed by atoms with Crippen LogP contribution in [0.1, 0.15) is 32.1 Å². The Morgan fingerprint density at radius 2 is 1.08 bits per heavy atom. The van der Waals surface area contributed by atoms with E-state index >= 15 is 0 Å². The molecule has 0 saturated carbocycles. The van der Waals surface area contributed by atoms with Crippen LogP contribution in [-0.4, -0.2) is 10.7 Å². The van der Waals surface area contributed by atoms with Gasteiger partial charge in [0.2, 0.25) is 0 Å². The molecule has 0 aromatic rings. The third kappa shape index (κ3) is 12.1. The minimum atomic E-state index is 0.795. The first kappa shape index (κ1) is 13.1. The second-order valence-electron chi connectivity index (χ2n) is 2.54. The molecule has 0 atom stereocenters. The quantitative estimate of drug-likeness (QED) is 0.422. The van der Waals surface area contributed by atoms with Crippen LogP contribution in [0, 0.1) is 23.7 Å². The molecule has 72 valence electrons. The summed E-state index contributed by atoms with van der Waals surface area (Å²) in [6, 6.07) is 0. The molecule has 0 nitrogen and oxygen atoms in total. The normalized spacial score (nSPS) is 8.15. The van der Waals surface area contributed by atoms with Gasteiger partial charge in [0.25, 0.3) is 0 Å². The molecule has 0 rings (SSSR count). The molecule has 2 heteroatoms. The van der Waals surface area contributed by atoms with E-state index in [1.807, 2.05) is 0 Å². The van der Waals surface area contributed by atoms with E-state index in [0.29, 0.717) is 0 Å². The molecule has 0 heterocycles. The summed E-state index contributed by atoms with van der Waals surface area (Å²) in [7, 11) is 0. The summed E-state index contributed by atoms with van der Waals surface area (Å²) in [6.07, 6.45) is 5.70. The Morgan fingerprint density at radius 3 is 1.46 bits per heavy atom. The zero-order valence-corrected chi connectivity index (χ0v) is 10.9. The summed E-state index contributed by atoms with van der Waals surface area (Å²) in [5.74, 6) is 12.2. The highest BCUT2D eigenvalue weighted by Crippen LogP contribution is 2.01. The first-order chi connectivity index (χ1) is 6.41. The highest BCUT2D eigenvalue weighted by atomic mass is 79.9. The van der Waals surface area contributed by atoms with E-state index in [0.717, 1.165) is 23.5 Å². The lowest BCUT2D eigenvalue weighted by molar-refractivity contribution is 0.709. The summed E-state index contributed by atoms with van der Waals surface area (Å²) in [4.78, 5) is 0. The Bertz CT molecular complexity index is 188. The Balaban J connectivity index is 3.08. The van der Waals surface area contributed by atoms with Crippen LogP contribution in [0.25, 0.3) is 0 Å². The van der Waals surface area contributed by atoms with Gasteiger partial charge in [-0.1, -0.05) is 50.1 Å². The van der Waals surface area contributed by atoms with Crippen molar-refractivity contribution in [2.75, 3.05) is 10.7 Å². The molecular weight excluding hydrogens is 292 g/mol. The minimum Gasteiger partial charge on any atom is -0.102 e. The molecule has 0 spiro atoms. The van der Waals surface area contributed by atoms with Crippen LogP contribution in [0.3, 0.4) is 0 Å². The first-order valence-corrected chi connectivity index (χ1v) is 6.69. The van der Waals surface area contributed by atoms with Gasteiger partial charge in [-0.2, -0.15) is 0 Å². The van der Waals surface area contributed by atoms with E-state index in [1.165, 1.54) is 19.3 Å². The summed E-state index contributed by atoms with van der Waals surface area (Å²) >= 11 is 6.53. The SMILES string of the molecule is BrCC#CCCCCCC#CCBr. The highest BCUT2D eigenvalue weighted by molar-refractivity contribution is 9.09. The molecule has 0 aromatic heterocycles. The van der Waals surface area contributed by atoms with E-state index in [4.69, 9.17) is 0 Å². The van der Waals surface area contributed by atoms with Gasteiger partial charge in [-0.25, -0.2) is 0 Å². The average molecular weight is 306 g/mol. The summed E-state index contributed by atoms with van der Waals surface area (Å²) in [5, 5.41) is 1.59.